The summed E-state index contributed by atoms with van der Waals surface area (Å²) < 4.78 is 1.03. The van der Waals surface area contributed by atoms with E-state index >= 15 is 0 Å². The van der Waals surface area contributed by atoms with Crippen molar-refractivity contribution < 1.29 is 0 Å². The molecule has 0 aliphatic carbocycles. The summed E-state index contributed by atoms with van der Waals surface area (Å²) in [7, 11) is 0. The van der Waals surface area contributed by atoms with Crippen LogP contribution in [0, 0.1) is 6.92 Å². The summed E-state index contributed by atoms with van der Waals surface area (Å²) in [6, 6.07) is 3.72. The quantitative estimate of drug-likeness (QED) is 0.866. The number of hydrogen-bond donors (Lipinski definition) is 1. The number of rotatable bonds is 1. The van der Waals surface area contributed by atoms with Crippen molar-refractivity contribution in [3.8, 4) is 11.3 Å². The largest absolute Gasteiger partial charge is 0.384 e. The minimum absolute atomic E-state index is 0.514. The summed E-state index contributed by atoms with van der Waals surface area (Å²) in [5.74, 6) is 0.514. The molecule has 2 aromatic rings. The highest BCUT2D eigenvalue weighted by Gasteiger charge is 2.08. The second-order valence-electron chi connectivity index (χ2n) is 2.82. The molecule has 2 heterocycles. The molecule has 0 saturated heterocycles. The van der Waals surface area contributed by atoms with Gasteiger partial charge in [0, 0.05) is 11.8 Å². The third-order valence-corrected chi connectivity index (χ3v) is 3.37. The molecular weight excluding hydrogens is 262 g/mol. The molecule has 0 aliphatic heterocycles. The van der Waals surface area contributed by atoms with Crippen LogP contribution in [0.1, 0.15) is 5.01 Å². The van der Waals surface area contributed by atoms with Gasteiger partial charge in [-0.1, -0.05) is 0 Å². The zero-order valence-electron chi connectivity index (χ0n) is 7.49. The normalized spacial score (nSPS) is 10.4. The molecule has 0 radical (unpaired) electrons. The molecule has 0 fully saturated rings. The number of nitrogen functional groups attached to an aromatic ring is 1. The molecule has 2 aromatic heterocycles. The molecular formula is C9H8BrN3S. The molecule has 5 heteroatoms. The maximum atomic E-state index is 5.60. The first kappa shape index (κ1) is 9.61. The van der Waals surface area contributed by atoms with Gasteiger partial charge >= 0.3 is 0 Å². The second-order valence-corrected chi connectivity index (χ2v) is 5.35. The minimum atomic E-state index is 0.514. The SMILES string of the molecule is Cc1nc(-c2ccnc(N)c2)c(Br)s1. The van der Waals surface area contributed by atoms with Crippen LogP contribution in [0.3, 0.4) is 0 Å². The fourth-order valence-corrected chi connectivity index (χ4v) is 2.85. The summed E-state index contributed by atoms with van der Waals surface area (Å²) in [4.78, 5) is 8.35. The van der Waals surface area contributed by atoms with Crippen LogP contribution in [0.5, 0.6) is 0 Å². The van der Waals surface area contributed by atoms with Crippen molar-refractivity contribution >= 4 is 33.1 Å². The molecule has 0 bridgehead atoms. The number of nitrogens with zero attached hydrogens (tertiary/aromatic N) is 2. The van der Waals surface area contributed by atoms with Crippen molar-refractivity contribution in [3.05, 3.63) is 27.1 Å². The number of nitrogens with two attached hydrogens (primary N) is 1. The monoisotopic (exact) mass is 269 g/mol. The molecule has 0 amide bonds. The Morgan fingerprint density at radius 2 is 2.29 bits per heavy atom. The van der Waals surface area contributed by atoms with Crippen molar-refractivity contribution in [2.75, 3.05) is 5.73 Å². The van der Waals surface area contributed by atoms with Gasteiger partial charge in [0.15, 0.2) is 0 Å². The molecule has 0 atom stereocenters. The Bertz CT molecular complexity index is 467. The first-order valence-corrected chi connectivity index (χ1v) is 5.62. The Morgan fingerprint density at radius 1 is 1.50 bits per heavy atom. The van der Waals surface area contributed by atoms with Crippen LogP contribution >= 0.6 is 27.3 Å². The first-order chi connectivity index (χ1) is 6.66. The zero-order valence-corrected chi connectivity index (χ0v) is 9.89. The number of aromatic nitrogens is 2. The third-order valence-electron chi connectivity index (χ3n) is 1.75. The van der Waals surface area contributed by atoms with Crippen molar-refractivity contribution in [1.82, 2.24) is 9.97 Å². The summed E-state index contributed by atoms with van der Waals surface area (Å²) in [5, 5.41) is 1.03. The Hall–Kier alpha value is -0.940. The lowest BCUT2D eigenvalue weighted by atomic mass is 10.2. The molecule has 0 unspecified atom stereocenters. The molecule has 72 valence electrons. The topological polar surface area (TPSA) is 51.8 Å². The molecule has 0 spiro atoms. The molecule has 0 aromatic carbocycles. The van der Waals surface area contributed by atoms with E-state index < -0.39 is 0 Å². The van der Waals surface area contributed by atoms with Gasteiger partial charge in [-0.05, 0) is 35.0 Å². The number of hydrogen-bond acceptors (Lipinski definition) is 4. The van der Waals surface area contributed by atoms with Crippen LogP contribution in [0.2, 0.25) is 0 Å². The summed E-state index contributed by atoms with van der Waals surface area (Å²) in [6.45, 7) is 1.98. The van der Waals surface area contributed by atoms with Gasteiger partial charge in [-0.15, -0.1) is 11.3 Å². The average Bonchev–Trinajstić information content (AvgIpc) is 2.45. The highest BCUT2D eigenvalue weighted by molar-refractivity contribution is 9.11. The van der Waals surface area contributed by atoms with Crippen LogP contribution in [0.15, 0.2) is 22.1 Å². The van der Waals surface area contributed by atoms with Crippen molar-refractivity contribution in [1.29, 1.82) is 0 Å². The van der Waals surface area contributed by atoms with Crippen LogP contribution in [0.25, 0.3) is 11.3 Å². The van der Waals surface area contributed by atoms with Gasteiger partial charge in [0.1, 0.15) is 5.82 Å². The van der Waals surface area contributed by atoms with Crippen molar-refractivity contribution in [3.63, 3.8) is 0 Å². The number of pyridine rings is 1. The van der Waals surface area contributed by atoms with E-state index in [0.29, 0.717) is 5.82 Å². The van der Waals surface area contributed by atoms with Crippen LogP contribution in [0.4, 0.5) is 5.82 Å². The van der Waals surface area contributed by atoms with Gasteiger partial charge in [-0.2, -0.15) is 0 Å². The molecule has 3 nitrogen and oxygen atoms in total. The molecule has 0 saturated carbocycles. The molecule has 14 heavy (non-hydrogen) atoms. The maximum Gasteiger partial charge on any atom is 0.123 e. The standard InChI is InChI=1S/C9H8BrN3S/c1-5-13-8(9(10)14-5)6-2-3-12-7(11)4-6/h2-4H,1H3,(H2,11,12). The van der Waals surface area contributed by atoms with E-state index in [2.05, 4.69) is 25.9 Å². The maximum absolute atomic E-state index is 5.60. The lowest BCUT2D eigenvalue weighted by molar-refractivity contribution is 1.28. The van der Waals surface area contributed by atoms with E-state index in [0.717, 1.165) is 20.1 Å². The number of aryl methyl sites for hydroxylation is 1. The van der Waals surface area contributed by atoms with Crippen LogP contribution in [-0.4, -0.2) is 9.97 Å². The second kappa shape index (κ2) is 3.67. The summed E-state index contributed by atoms with van der Waals surface area (Å²) >= 11 is 5.09. The lowest BCUT2D eigenvalue weighted by Crippen LogP contribution is -1.89. The Balaban J connectivity index is 2.54. The highest BCUT2D eigenvalue weighted by atomic mass is 79.9. The van der Waals surface area contributed by atoms with Crippen molar-refractivity contribution in [2.24, 2.45) is 0 Å². The van der Waals surface area contributed by atoms with E-state index in [4.69, 9.17) is 5.73 Å². The predicted molar refractivity (Wildman–Crippen MR) is 62.2 cm³/mol. The number of thiazole rings is 1. The van der Waals surface area contributed by atoms with Gasteiger partial charge in [0.05, 0.1) is 14.5 Å². The summed E-state index contributed by atoms with van der Waals surface area (Å²) in [5.41, 5.74) is 7.53. The van der Waals surface area contributed by atoms with Gasteiger partial charge in [-0.25, -0.2) is 9.97 Å². The van der Waals surface area contributed by atoms with Crippen LogP contribution < -0.4 is 5.73 Å². The van der Waals surface area contributed by atoms with Crippen molar-refractivity contribution in [2.45, 2.75) is 6.92 Å². The third kappa shape index (κ3) is 1.78. The Kier molecular flexibility index (Phi) is 2.52. The molecule has 2 rings (SSSR count). The minimum Gasteiger partial charge on any atom is -0.384 e. The number of anilines is 1. The smallest absolute Gasteiger partial charge is 0.123 e. The summed E-state index contributed by atoms with van der Waals surface area (Å²) in [6.07, 6.45) is 1.69. The van der Waals surface area contributed by atoms with Gasteiger partial charge in [-0.3, -0.25) is 0 Å². The van der Waals surface area contributed by atoms with Gasteiger partial charge in [0.25, 0.3) is 0 Å². The molecule has 0 aliphatic rings. The predicted octanol–water partition coefficient (Wildman–Crippen LogP) is 2.86. The highest BCUT2D eigenvalue weighted by Crippen LogP contribution is 2.32. The van der Waals surface area contributed by atoms with Gasteiger partial charge in [0.2, 0.25) is 0 Å². The fraction of sp³-hybridized carbons (Fsp3) is 0.111. The average molecular weight is 270 g/mol. The van der Waals surface area contributed by atoms with E-state index in [9.17, 15) is 0 Å². The number of halogens is 1. The fourth-order valence-electron chi connectivity index (χ4n) is 1.18. The first-order valence-electron chi connectivity index (χ1n) is 4.01. The van der Waals surface area contributed by atoms with E-state index in [-0.39, 0.29) is 0 Å². The van der Waals surface area contributed by atoms with E-state index in [1.165, 1.54) is 0 Å². The van der Waals surface area contributed by atoms with Gasteiger partial charge < -0.3 is 5.73 Å². The lowest BCUT2D eigenvalue weighted by Gasteiger charge is -1.98. The van der Waals surface area contributed by atoms with Crippen LogP contribution in [-0.2, 0) is 0 Å². The molecule has 2 N–H and O–H groups in total. The van der Waals surface area contributed by atoms with E-state index in [1.54, 1.807) is 17.5 Å². The Labute approximate surface area is 94.1 Å². The Morgan fingerprint density at radius 3 is 2.86 bits per heavy atom. The van der Waals surface area contributed by atoms with E-state index in [1.807, 2.05) is 19.1 Å². The zero-order chi connectivity index (χ0) is 10.1.